The third kappa shape index (κ3) is 4.33. The molecule has 0 radical (unpaired) electrons. The van der Waals surface area contributed by atoms with Crippen molar-refractivity contribution in [3.8, 4) is 0 Å². The first-order valence-electron chi connectivity index (χ1n) is 8.11. The summed E-state index contributed by atoms with van der Waals surface area (Å²) in [6.45, 7) is 4.90. The normalized spacial score (nSPS) is 16.2. The van der Waals surface area contributed by atoms with Gasteiger partial charge in [0.15, 0.2) is 0 Å². The highest BCUT2D eigenvalue weighted by atomic mass is 32.1. The molecule has 1 aliphatic heterocycles. The second-order valence-corrected chi connectivity index (χ2v) is 6.95. The number of rotatable bonds is 5. The quantitative estimate of drug-likeness (QED) is 0.870. The van der Waals surface area contributed by atoms with Crippen LogP contribution in [0, 0.1) is 6.92 Å². The summed E-state index contributed by atoms with van der Waals surface area (Å²) in [6, 6.07) is 12.2. The highest BCUT2D eigenvalue weighted by Gasteiger charge is 2.24. The molecule has 23 heavy (non-hydrogen) atoms. The van der Waals surface area contributed by atoms with Crippen LogP contribution < -0.4 is 10.6 Å². The lowest BCUT2D eigenvalue weighted by molar-refractivity contribution is 0.229. The lowest BCUT2D eigenvalue weighted by Gasteiger charge is -2.26. The van der Waals surface area contributed by atoms with Gasteiger partial charge in [-0.1, -0.05) is 23.8 Å². The Morgan fingerprint density at radius 1 is 1.22 bits per heavy atom. The summed E-state index contributed by atoms with van der Waals surface area (Å²) in [4.78, 5) is 15.9. The predicted molar refractivity (Wildman–Crippen MR) is 96.1 cm³/mol. The fourth-order valence-electron chi connectivity index (χ4n) is 2.95. The fraction of sp³-hybridized carbons (Fsp3) is 0.389. The van der Waals surface area contributed by atoms with Gasteiger partial charge in [-0.15, -0.1) is 11.3 Å². The van der Waals surface area contributed by atoms with Gasteiger partial charge in [-0.3, -0.25) is 4.90 Å². The van der Waals surface area contributed by atoms with Crippen LogP contribution in [-0.2, 0) is 0 Å². The van der Waals surface area contributed by atoms with Crippen LogP contribution in [0.1, 0.15) is 29.3 Å². The maximum atomic E-state index is 12.1. The van der Waals surface area contributed by atoms with Gasteiger partial charge in [-0.25, -0.2) is 4.79 Å². The van der Waals surface area contributed by atoms with Gasteiger partial charge in [0.25, 0.3) is 0 Å². The molecule has 0 saturated carbocycles. The van der Waals surface area contributed by atoms with E-state index >= 15 is 0 Å². The largest absolute Gasteiger partial charge is 0.336 e. The second-order valence-electron chi connectivity index (χ2n) is 5.98. The van der Waals surface area contributed by atoms with Crippen molar-refractivity contribution >= 4 is 23.1 Å². The summed E-state index contributed by atoms with van der Waals surface area (Å²) >= 11 is 1.76. The number of hydrogen-bond donors (Lipinski definition) is 2. The van der Waals surface area contributed by atoms with Crippen molar-refractivity contribution in [1.82, 2.24) is 10.2 Å². The Labute approximate surface area is 141 Å². The Morgan fingerprint density at radius 3 is 2.61 bits per heavy atom. The molecule has 5 heteroatoms. The van der Waals surface area contributed by atoms with Gasteiger partial charge >= 0.3 is 6.03 Å². The van der Waals surface area contributed by atoms with Crippen molar-refractivity contribution in [2.75, 3.05) is 25.0 Å². The predicted octanol–water partition coefficient (Wildman–Crippen LogP) is 4.02. The number of carbonyl (C=O) groups excluding carboxylic acids is 1. The van der Waals surface area contributed by atoms with E-state index in [2.05, 4.69) is 33.0 Å². The summed E-state index contributed by atoms with van der Waals surface area (Å²) in [5.41, 5.74) is 2.00. The van der Waals surface area contributed by atoms with E-state index in [1.54, 1.807) is 11.3 Å². The average Bonchev–Trinajstić information content (AvgIpc) is 3.24. The van der Waals surface area contributed by atoms with Gasteiger partial charge in [0.05, 0.1) is 6.04 Å². The molecule has 1 aromatic carbocycles. The Balaban J connectivity index is 1.57. The van der Waals surface area contributed by atoms with Gasteiger partial charge < -0.3 is 10.6 Å². The Morgan fingerprint density at radius 2 is 1.96 bits per heavy atom. The highest BCUT2D eigenvalue weighted by Crippen LogP contribution is 2.27. The lowest BCUT2D eigenvalue weighted by Crippen LogP contribution is -2.38. The molecule has 4 nitrogen and oxygen atoms in total. The number of anilines is 1. The molecule has 0 spiro atoms. The minimum Gasteiger partial charge on any atom is -0.336 e. The number of nitrogens with one attached hydrogen (secondary N) is 2. The summed E-state index contributed by atoms with van der Waals surface area (Å²) in [7, 11) is 0. The van der Waals surface area contributed by atoms with Crippen LogP contribution in [0.3, 0.4) is 0 Å². The molecule has 122 valence electrons. The van der Waals surface area contributed by atoms with Crippen LogP contribution in [0.25, 0.3) is 0 Å². The van der Waals surface area contributed by atoms with Crippen LogP contribution in [0.5, 0.6) is 0 Å². The molecule has 0 aliphatic carbocycles. The fourth-order valence-corrected chi connectivity index (χ4v) is 3.81. The number of benzene rings is 1. The van der Waals surface area contributed by atoms with Crippen molar-refractivity contribution in [3.63, 3.8) is 0 Å². The van der Waals surface area contributed by atoms with Crippen LogP contribution in [0.4, 0.5) is 10.5 Å². The van der Waals surface area contributed by atoms with Gasteiger partial charge in [0.1, 0.15) is 0 Å². The van der Waals surface area contributed by atoms with E-state index in [9.17, 15) is 4.79 Å². The molecule has 3 rings (SSSR count). The minimum absolute atomic E-state index is 0.144. The summed E-state index contributed by atoms with van der Waals surface area (Å²) in [5, 5.41) is 8.02. The van der Waals surface area contributed by atoms with E-state index in [1.165, 1.54) is 23.3 Å². The van der Waals surface area contributed by atoms with Gasteiger partial charge in [-0.05, 0) is 56.4 Å². The highest BCUT2D eigenvalue weighted by molar-refractivity contribution is 7.10. The van der Waals surface area contributed by atoms with Crippen molar-refractivity contribution in [2.45, 2.75) is 25.8 Å². The van der Waals surface area contributed by atoms with Gasteiger partial charge in [0, 0.05) is 17.1 Å². The second kappa shape index (κ2) is 7.62. The molecule has 2 aromatic rings. The van der Waals surface area contributed by atoms with Crippen LogP contribution in [0.15, 0.2) is 41.8 Å². The summed E-state index contributed by atoms with van der Waals surface area (Å²) < 4.78 is 0. The Bertz CT molecular complexity index is 618. The number of nitrogens with zero attached hydrogens (tertiary/aromatic N) is 1. The molecule has 1 atom stereocenters. The monoisotopic (exact) mass is 329 g/mol. The van der Waals surface area contributed by atoms with E-state index in [0.29, 0.717) is 6.54 Å². The number of urea groups is 1. The van der Waals surface area contributed by atoms with Crippen molar-refractivity contribution < 1.29 is 4.79 Å². The molecule has 0 bridgehead atoms. The number of carbonyl (C=O) groups is 1. The van der Waals surface area contributed by atoms with E-state index in [0.717, 1.165) is 18.8 Å². The van der Waals surface area contributed by atoms with Gasteiger partial charge in [-0.2, -0.15) is 0 Å². The number of likely N-dealkylation sites (tertiary alicyclic amines) is 1. The van der Waals surface area contributed by atoms with E-state index in [-0.39, 0.29) is 12.1 Å². The van der Waals surface area contributed by atoms with Gasteiger partial charge in [0.2, 0.25) is 0 Å². The number of amides is 2. The molecular weight excluding hydrogens is 306 g/mol. The zero-order valence-electron chi connectivity index (χ0n) is 13.4. The first-order valence-corrected chi connectivity index (χ1v) is 8.99. The van der Waals surface area contributed by atoms with Crippen molar-refractivity contribution in [3.05, 3.63) is 52.2 Å². The number of aryl methyl sites for hydroxylation is 1. The third-order valence-corrected chi connectivity index (χ3v) is 5.19. The third-order valence-electron chi connectivity index (χ3n) is 4.22. The zero-order valence-corrected chi connectivity index (χ0v) is 14.2. The van der Waals surface area contributed by atoms with Crippen LogP contribution in [-0.4, -0.2) is 30.6 Å². The Hall–Kier alpha value is -1.85. The van der Waals surface area contributed by atoms with Crippen molar-refractivity contribution in [1.29, 1.82) is 0 Å². The summed E-state index contributed by atoms with van der Waals surface area (Å²) in [5.74, 6) is 0. The lowest BCUT2D eigenvalue weighted by atomic mass is 10.2. The number of hydrogen-bond acceptors (Lipinski definition) is 3. The SMILES string of the molecule is Cc1ccc(NC(=O)NC[C@H](c2cccs2)N2CCCC2)cc1. The van der Waals surface area contributed by atoms with E-state index in [4.69, 9.17) is 0 Å². The average molecular weight is 329 g/mol. The molecule has 0 unspecified atom stereocenters. The molecule has 1 fully saturated rings. The van der Waals surface area contributed by atoms with Crippen LogP contribution >= 0.6 is 11.3 Å². The summed E-state index contributed by atoms with van der Waals surface area (Å²) in [6.07, 6.45) is 2.49. The van der Waals surface area contributed by atoms with E-state index in [1.807, 2.05) is 31.2 Å². The maximum absolute atomic E-state index is 12.1. The molecule has 2 N–H and O–H groups in total. The maximum Gasteiger partial charge on any atom is 0.319 e. The molecule has 2 heterocycles. The number of thiophene rings is 1. The minimum atomic E-state index is -0.144. The standard InChI is InChI=1S/C18H23N3OS/c1-14-6-8-15(9-7-14)20-18(22)19-13-16(17-5-4-12-23-17)21-10-2-3-11-21/h4-9,12,16H,2-3,10-11,13H2,1H3,(H2,19,20,22)/t16-/m1/s1. The Kier molecular flexibility index (Phi) is 5.31. The first kappa shape index (κ1) is 16.0. The zero-order chi connectivity index (χ0) is 16.1. The van der Waals surface area contributed by atoms with E-state index < -0.39 is 0 Å². The van der Waals surface area contributed by atoms with Crippen molar-refractivity contribution in [2.24, 2.45) is 0 Å². The molecule has 1 aliphatic rings. The first-order chi connectivity index (χ1) is 11.2. The molecular formula is C18H23N3OS. The molecule has 2 amide bonds. The molecule has 1 aromatic heterocycles. The molecule has 1 saturated heterocycles. The topological polar surface area (TPSA) is 44.4 Å². The smallest absolute Gasteiger partial charge is 0.319 e. The van der Waals surface area contributed by atoms with Crippen LogP contribution in [0.2, 0.25) is 0 Å².